The molecule has 1 aromatic carbocycles. The monoisotopic (exact) mass is 542 g/mol. The number of hydrogen-bond donors (Lipinski definition) is 1. The molecule has 0 radical (unpaired) electrons. The third kappa shape index (κ3) is 4.57. The lowest BCUT2D eigenvalue weighted by atomic mass is 9.62. The van der Waals surface area contributed by atoms with Crippen LogP contribution < -0.4 is 10.6 Å². The van der Waals surface area contributed by atoms with E-state index in [9.17, 15) is 9.65 Å². The molecule has 0 bridgehead atoms. The number of halogens is 1. The number of nitriles is 1. The van der Waals surface area contributed by atoms with Crippen molar-refractivity contribution in [2.45, 2.75) is 107 Å². The third-order valence-corrected chi connectivity index (χ3v) is 11.1. The second-order valence-electron chi connectivity index (χ2n) is 13.5. The Bertz CT molecular complexity index is 1320. The van der Waals surface area contributed by atoms with Crippen molar-refractivity contribution in [3.63, 3.8) is 0 Å². The Balaban J connectivity index is 1.24. The molecule has 4 heterocycles. The summed E-state index contributed by atoms with van der Waals surface area (Å²) in [4.78, 5) is 15.5. The number of aromatic nitrogens is 2. The van der Waals surface area contributed by atoms with Gasteiger partial charge in [-0.15, -0.1) is 0 Å². The Hall–Kier alpha value is -2.72. The van der Waals surface area contributed by atoms with Crippen molar-refractivity contribution in [1.29, 1.82) is 5.26 Å². The zero-order valence-electron chi connectivity index (χ0n) is 23.8. The fraction of sp³-hybridized carbons (Fsp3) is 0.667. The smallest absolute Gasteiger partial charge is 0.135 e. The van der Waals surface area contributed by atoms with E-state index >= 15 is 0 Å². The summed E-state index contributed by atoms with van der Waals surface area (Å²) in [5, 5.41) is 9.38. The van der Waals surface area contributed by atoms with Gasteiger partial charge in [-0.3, -0.25) is 4.90 Å². The number of benzene rings is 1. The molecule has 2 aromatic rings. The second kappa shape index (κ2) is 10.3. The standard InChI is InChI=1S/C33H43FN6/c34-25-19-33(12-3-17-40(33)22-25)14-9-30-37-29-20-32(11-1-5-24-6-7-26(36)18-28(24)32)13-8-27(29)31(38-30)39-16-2-4-23(21-39)10-15-35/h6-7,18,23,25H,1-5,8-14,16-17,19-22,36H2. The van der Waals surface area contributed by atoms with Gasteiger partial charge in [0.1, 0.15) is 17.8 Å². The van der Waals surface area contributed by atoms with Crippen molar-refractivity contribution in [3.8, 4) is 6.07 Å². The number of fused-ring (bicyclic) bond motifs is 4. The van der Waals surface area contributed by atoms with Crippen LogP contribution in [-0.2, 0) is 31.1 Å². The molecule has 0 amide bonds. The van der Waals surface area contributed by atoms with E-state index in [-0.39, 0.29) is 11.0 Å². The number of anilines is 2. The van der Waals surface area contributed by atoms with Gasteiger partial charge >= 0.3 is 0 Å². The molecule has 5 aliphatic rings. The summed E-state index contributed by atoms with van der Waals surface area (Å²) in [5.74, 6) is 2.46. The quantitative estimate of drug-likeness (QED) is 0.505. The molecule has 0 saturated carbocycles. The highest BCUT2D eigenvalue weighted by molar-refractivity contribution is 5.55. The molecular formula is C33H43FN6. The van der Waals surface area contributed by atoms with Crippen LogP contribution in [0.2, 0.25) is 0 Å². The number of nitrogens with two attached hydrogens (primary N) is 1. The molecular weight excluding hydrogens is 499 g/mol. The number of aryl methyl sites for hydroxylation is 2. The SMILES string of the molecule is N#CCC1CCCN(c2nc(CCC34CCCN3CC(F)C4)nc3c2CCC2(CCCc4ccc(N)cc42)C3)C1. The Morgan fingerprint density at radius 3 is 2.90 bits per heavy atom. The van der Waals surface area contributed by atoms with Crippen LogP contribution >= 0.6 is 0 Å². The first kappa shape index (κ1) is 26.2. The lowest BCUT2D eigenvalue weighted by Gasteiger charge is -2.44. The summed E-state index contributed by atoms with van der Waals surface area (Å²) in [6, 6.07) is 8.94. The number of piperidine rings is 1. The largest absolute Gasteiger partial charge is 0.399 e. The zero-order chi connectivity index (χ0) is 27.3. The number of rotatable bonds is 5. The van der Waals surface area contributed by atoms with Crippen molar-refractivity contribution < 1.29 is 4.39 Å². The molecule has 1 aromatic heterocycles. The number of nitrogens with zero attached hydrogens (tertiary/aromatic N) is 5. The van der Waals surface area contributed by atoms with Crippen molar-refractivity contribution in [2.75, 3.05) is 36.8 Å². The first-order valence-corrected chi connectivity index (χ1v) is 15.8. The van der Waals surface area contributed by atoms with E-state index < -0.39 is 6.17 Å². The van der Waals surface area contributed by atoms with Gasteiger partial charge in [0, 0.05) is 54.7 Å². The summed E-state index contributed by atoms with van der Waals surface area (Å²) in [6.07, 6.45) is 13.4. The van der Waals surface area contributed by atoms with Gasteiger partial charge in [-0.1, -0.05) is 6.07 Å². The molecule has 7 rings (SSSR count). The van der Waals surface area contributed by atoms with E-state index in [1.807, 2.05) is 0 Å². The highest BCUT2D eigenvalue weighted by atomic mass is 19.1. The summed E-state index contributed by atoms with van der Waals surface area (Å²) in [5.41, 5.74) is 12.7. The second-order valence-corrected chi connectivity index (χ2v) is 13.5. The molecule has 40 heavy (non-hydrogen) atoms. The van der Waals surface area contributed by atoms with Gasteiger partial charge in [-0.05, 0) is 113 Å². The number of hydrogen-bond acceptors (Lipinski definition) is 6. The molecule has 2 aliphatic carbocycles. The van der Waals surface area contributed by atoms with Gasteiger partial charge in [0.2, 0.25) is 0 Å². The van der Waals surface area contributed by atoms with Crippen molar-refractivity contribution >= 4 is 11.5 Å². The first-order chi connectivity index (χ1) is 19.5. The van der Waals surface area contributed by atoms with Crippen molar-refractivity contribution in [2.24, 2.45) is 5.92 Å². The summed E-state index contributed by atoms with van der Waals surface area (Å²) < 4.78 is 14.5. The Labute approximate surface area is 238 Å². The fourth-order valence-electron chi connectivity index (χ4n) is 9.13. The topological polar surface area (TPSA) is 82.1 Å². The molecule has 3 fully saturated rings. The van der Waals surface area contributed by atoms with E-state index in [1.54, 1.807) is 0 Å². The molecule has 3 aliphatic heterocycles. The molecule has 212 valence electrons. The van der Waals surface area contributed by atoms with Crippen molar-refractivity contribution in [3.05, 3.63) is 46.4 Å². The fourth-order valence-corrected chi connectivity index (χ4v) is 9.13. The van der Waals surface area contributed by atoms with Crippen LogP contribution in [0.5, 0.6) is 0 Å². The maximum atomic E-state index is 14.5. The lowest BCUT2D eigenvalue weighted by Crippen LogP contribution is -2.41. The molecule has 3 saturated heterocycles. The van der Waals surface area contributed by atoms with Crippen LogP contribution in [0.1, 0.15) is 92.4 Å². The molecule has 7 heteroatoms. The number of alkyl halides is 1. The Kier molecular flexibility index (Phi) is 6.73. The van der Waals surface area contributed by atoms with Crippen LogP contribution in [0, 0.1) is 17.2 Å². The van der Waals surface area contributed by atoms with Crippen molar-refractivity contribution in [1.82, 2.24) is 14.9 Å². The van der Waals surface area contributed by atoms with E-state index in [2.05, 4.69) is 34.1 Å². The minimum absolute atomic E-state index is 0.0110. The number of nitrogen functional groups attached to an aromatic ring is 1. The summed E-state index contributed by atoms with van der Waals surface area (Å²) >= 11 is 0. The van der Waals surface area contributed by atoms with Gasteiger partial charge in [0.25, 0.3) is 0 Å². The summed E-state index contributed by atoms with van der Waals surface area (Å²) in [7, 11) is 0. The van der Waals surface area contributed by atoms with E-state index in [1.165, 1.54) is 41.6 Å². The maximum absolute atomic E-state index is 14.5. The van der Waals surface area contributed by atoms with Crippen LogP contribution in [0.15, 0.2) is 18.2 Å². The van der Waals surface area contributed by atoms with Crippen LogP contribution in [-0.4, -0.2) is 52.8 Å². The third-order valence-electron chi connectivity index (χ3n) is 11.1. The van der Waals surface area contributed by atoms with Gasteiger partial charge < -0.3 is 10.6 Å². The minimum Gasteiger partial charge on any atom is -0.399 e. The zero-order valence-corrected chi connectivity index (χ0v) is 23.8. The Morgan fingerprint density at radius 1 is 1.07 bits per heavy atom. The summed E-state index contributed by atoms with van der Waals surface area (Å²) in [6.45, 7) is 3.52. The van der Waals surface area contributed by atoms with Gasteiger partial charge in [0.05, 0.1) is 11.8 Å². The van der Waals surface area contributed by atoms with Crippen LogP contribution in [0.25, 0.3) is 0 Å². The average Bonchev–Trinajstić information content (AvgIpc) is 3.48. The van der Waals surface area contributed by atoms with Crippen LogP contribution in [0.3, 0.4) is 0 Å². The van der Waals surface area contributed by atoms with E-state index in [0.717, 1.165) is 94.8 Å². The molecule has 2 N–H and O–H groups in total. The maximum Gasteiger partial charge on any atom is 0.135 e. The molecule has 6 nitrogen and oxygen atoms in total. The predicted molar refractivity (Wildman–Crippen MR) is 156 cm³/mol. The van der Waals surface area contributed by atoms with Gasteiger partial charge in [-0.2, -0.15) is 5.26 Å². The predicted octanol–water partition coefficient (Wildman–Crippen LogP) is 5.46. The normalized spacial score (nSPS) is 31.6. The highest BCUT2D eigenvalue weighted by Gasteiger charge is 2.48. The molecule has 4 atom stereocenters. The Morgan fingerprint density at radius 2 is 2.00 bits per heavy atom. The van der Waals surface area contributed by atoms with E-state index in [4.69, 9.17) is 15.7 Å². The molecule has 4 unspecified atom stereocenters. The lowest BCUT2D eigenvalue weighted by molar-refractivity contribution is 0.181. The highest BCUT2D eigenvalue weighted by Crippen LogP contribution is 2.48. The van der Waals surface area contributed by atoms with E-state index in [0.29, 0.717) is 25.3 Å². The van der Waals surface area contributed by atoms with Gasteiger partial charge in [0.15, 0.2) is 0 Å². The molecule has 1 spiro atoms. The minimum atomic E-state index is -0.704. The van der Waals surface area contributed by atoms with Gasteiger partial charge in [-0.25, -0.2) is 14.4 Å². The first-order valence-electron chi connectivity index (χ1n) is 15.8. The average molecular weight is 543 g/mol. The van der Waals surface area contributed by atoms with Crippen LogP contribution in [0.4, 0.5) is 15.9 Å².